The van der Waals surface area contributed by atoms with E-state index in [0.717, 1.165) is 12.1 Å². The van der Waals surface area contributed by atoms with E-state index in [2.05, 4.69) is 9.98 Å². The molecular weight excluding hydrogens is 162 g/mol. The maximum Gasteiger partial charge on any atom is 0.0804 e. The first-order valence-corrected chi connectivity index (χ1v) is 4.24. The van der Waals surface area contributed by atoms with Gasteiger partial charge in [0.15, 0.2) is 0 Å². The summed E-state index contributed by atoms with van der Waals surface area (Å²) < 4.78 is 0. The van der Waals surface area contributed by atoms with Crippen molar-refractivity contribution in [2.24, 2.45) is 10.7 Å². The van der Waals surface area contributed by atoms with Crippen LogP contribution in [0.3, 0.4) is 0 Å². The summed E-state index contributed by atoms with van der Waals surface area (Å²) in [6.45, 7) is 0. The zero-order valence-electron chi connectivity index (χ0n) is 7.22. The van der Waals surface area contributed by atoms with Crippen molar-refractivity contribution in [3.63, 3.8) is 0 Å². The third-order valence-corrected chi connectivity index (χ3v) is 2.07. The fourth-order valence-electron chi connectivity index (χ4n) is 1.38. The average Bonchev–Trinajstić information content (AvgIpc) is 2.19. The number of nitrogens with two attached hydrogens (primary N) is 1. The van der Waals surface area contributed by atoms with E-state index in [1.807, 2.05) is 18.2 Å². The number of rotatable bonds is 1. The molecule has 0 aromatic carbocycles. The molecule has 3 heteroatoms. The van der Waals surface area contributed by atoms with Crippen molar-refractivity contribution in [1.29, 1.82) is 0 Å². The number of allylic oxidation sites excluding steroid dienone is 1. The molecule has 66 valence electrons. The van der Waals surface area contributed by atoms with Crippen molar-refractivity contribution in [2.45, 2.75) is 12.5 Å². The van der Waals surface area contributed by atoms with Crippen molar-refractivity contribution in [3.05, 3.63) is 41.9 Å². The summed E-state index contributed by atoms with van der Waals surface area (Å²) in [6, 6.07) is 4.12. The van der Waals surface area contributed by atoms with Gasteiger partial charge in [0.1, 0.15) is 0 Å². The summed E-state index contributed by atoms with van der Waals surface area (Å²) in [5.74, 6) is 0. The largest absolute Gasteiger partial charge is 0.402 e. The number of nitrogens with zero attached hydrogens (tertiary/aromatic N) is 2. The molecule has 2 rings (SSSR count). The summed E-state index contributed by atoms with van der Waals surface area (Å²) >= 11 is 0. The van der Waals surface area contributed by atoms with Crippen LogP contribution < -0.4 is 5.73 Å². The van der Waals surface area contributed by atoms with E-state index in [1.54, 1.807) is 18.6 Å². The molecule has 2 heterocycles. The van der Waals surface area contributed by atoms with Crippen molar-refractivity contribution >= 4 is 6.21 Å². The second-order valence-corrected chi connectivity index (χ2v) is 3.04. The van der Waals surface area contributed by atoms with Crippen LogP contribution in [-0.2, 0) is 0 Å². The van der Waals surface area contributed by atoms with E-state index in [0.29, 0.717) is 0 Å². The second kappa shape index (κ2) is 3.39. The molecule has 1 unspecified atom stereocenters. The first-order chi connectivity index (χ1) is 6.36. The molecule has 1 aromatic rings. The highest BCUT2D eigenvalue weighted by atomic mass is 14.8. The fraction of sp³-hybridized carbons (Fsp3) is 0.200. The Morgan fingerprint density at radius 2 is 2.08 bits per heavy atom. The zero-order valence-corrected chi connectivity index (χ0v) is 7.22. The van der Waals surface area contributed by atoms with Crippen molar-refractivity contribution in [1.82, 2.24) is 4.98 Å². The monoisotopic (exact) mass is 173 g/mol. The van der Waals surface area contributed by atoms with Gasteiger partial charge < -0.3 is 5.73 Å². The molecule has 1 aliphatic heterocycles. The lowest BCUT2D eigenvalue weighted by Gasteiger charge is -2.15. The molecule has 0 saturated carbocycles. The van der Waals surface area contributed by atoms with Crippen LogP contribution in [0.4, 0.5) is 0 Å². The predicted octanol–water partition coefficient (Wildman–Crippen LogP) is 1.44. The molecule has 0 amide bonds. The van der Waals surface area contributed by atoms with E-state index in [-0.39, 0.29) is 6.04 Å². The number of pyridine rings is 1. The molecular formula is C10H11N3. The molecule has 0 radical (unpaired) electrons. The standard InChI is InChI=1S/C10H11N3/c11-9-3-6-13-10(7-9)8-1-4-12-5-2-8/h1-6,10H,7,11H2. The third-order valence-electron chi connectivity index (χ3n) is 2.07. The Morgan fingerprint density at radius 3 is 2.77 bits per heavy atom. The molecule has 1 atom stereocenters. The van der Waals surface area contributed by atoms with Crippen molar-refractivity contribution in [2.75, 3.05) is 0 Å². The Labute approximate surface area is 77.0 Å². The lowest BCUT2D eigenvalue weighted by atomic mass is 10.0. The van der Waals surface area contributed by atoms with E-state index in [9.17, 15) is 0 Å². The van der Waals surface area contributed by atoms with Crippen molar-refractivity contribution in [3.8, 4) is 0 Å². The van der Waals surface area contributed by atoms with Crippen LogP contribution in [0, 0.1) is 0 Å². The Bertz CT molecular complexity index is 340. The number of aliphatic imine (C=N–C) groups is 1. The van der Waals surface area contributed by atoms with Gasteiger partial charge in [-0.2, -0.15) is 0 Å². The molecule has 1 aromatic heterocycles. The Kier molecular flexibility index (Phi) is 2.08. The van der Waals surface area contributed by atoms with E-state index < -0.39 is 0 Å². The summed E-state index contributed by atoms with van der Waals surface area (Å²) in [6.07, 6.45) is 7.97. The first kappa shape index (κ1) is 7.98. The molecule has 0 aliphatic carbocycles. The van der Waals surface area contributed by atoms with Crippen LogP contribution in [0.25, 0.3) is 0 Å². The molecule has 0 fully saturated rings. The van der Waals surface area contributed by atoms with Gasteiger partial charge in [0, 0.05) is 30.7 Å². The summed E-state index contributed by atoms with van der Waals surface area (Å²) in [4.78, 5) is 8.30. The minimum absolute atomic E-state index is 0.174. The lowest BCUT2D eigenvalue weighted by molar-refractivity contribution is 0.707. The van der Waals surface area contributed by atoms with Gasteiger partial charge in [0.25, 0.3) is 0 Å². The topological polar surface area (TPSA) is 51.3 Å². The Balaban J connectivity index is 2.21. The van der Waals surface area contributed by atoms with Gasteiger partial charge in [-0.05, 0) is 23.8 Å². The maximum absolute atomic E-state index is 5.72. The number of hydrogen-bond donors (Lipinski definition) is 1. The second-order valence-electron chi connectivity index (χ2n) is 3.04. The van der Waals surface area contributed by atoms with Crippen LogP contribution in [0.1, 0.15) is 18.0 Å². The Morgan fingerprint density at radius 1 is 1.31 bits per heavy atom. The predicted molar refractivity (Wildman–Crippen MR) is 52.4 cm³/mol. The third kappa shape index (κ3) is 1.75. The minimum Gasteiger partial charge on any atom is -0.402 e. The van der Waals surface area contributed by atoms with Crippen LogP contribution in [0.2, 0.25) is 0 Å². The van der Waals surface area contributed by atoms with Gasteiger partial charge in [-0.3, -0.25) is 9.98 Å². The zero-order chi connectivity index (χ0) is 9.10. The number of dihydropyridines is 1. The number of aromatic nitrogens is 1. The minimum atomic E-state index is 0.174. The van der Waals surface area contributed by atoms with Crippen LogP contribution in [0.5, 0.6) is 0 Å². The maximum atomic E-state index is 5.72. The lowest BCUT2D eigenvalue weighted by Crippen LogP contribution is -2.08. The van der Waals surface area contributed by atoms with E-state index in [1.165, 1.54) is 5.56 Å². The van der Waals surface area contributed by atoms with Crippen LogP contribution in [-0.4, -0.2) is 11.2 Å². The van der Waals surface area contributed by atoms with Crippen LogP contribution in [0.15, 0.2) is 41.3 Å². The van der Waals surface area contributed by atoms with Gasteiger partial charge in [-0.25, -0.2) is 0 Å². The van der Waals surface area contributed by atoms with Gasteiger partial charge >= 0.3 is 0 Å². The molecule has 2 N–H and O–H groups in total. The highest BCUT2D eigenvalue weighted by Crippen LogP contribution is 2.24. The van der Waals surface area contributed by atoms with Gasteiger partial charge in [0.05, 0.1) is 6.04 Å². The Hall–Kier alpha value is -1.64. The fourth-order valence-corrected chi connectivity index (χ4v) is 1.38. The molecule has 3 nitrogen and oxygen atoms in total. The molecule has 13 heavy (non-hydrogen) atoms. The smallest absolute Gasteiger partial charge is 0.0804 e. The highest BCUT2D eigenvalue weighted by molar-refractivity contribution is 5.73. The summed E-state index contributed by atoms with van der Waals surface area (Å²) in [5.41, 5.74) is 7.77. The normalized spacial score (nSPS) is 21.2. The van der Waals surface area contributed by atoms with Gasteiger partial charge in [0.2, 0.25) is 0 Å². The van der Waals surface area contributed by atoms with Gasteiger partial charge in [-0.1, -0.05) is 0 Å². The van der Waals surface area contributed by atoms with Crippen molar-refractivity contribution < 1.29 is 0 Å². The molecule has 0 bridgehead atoms. The van der Waals surface area contributed by atoms with Gasteiger partial charge in [-0.15, -0.1) is 0 Å². The average molecular weight is 173 g/mol. The van der Waals surface area contributed by atoms with Crippen LogP contribution >= 0.6 is 0 Å². The molecule has 1 aliphatic rings. The summed E-state index contributed by atoms with van der Waals surface area (Å²) in [7, 11) is 0. The number of hydrogen-bond acceptors (Lipinski definition) is 3. The summed E-state index contributed by atoms with van der Waals surface area (Å²) in [5, 5.41) is 0. The first-order valence-electron chi connectivity index (χ1n) is 4.24. The molecule has 0 spiro atoms. The van der Waals surface area contributed by atoms with E-state index in [4.69, 9.17) is 5.73 Å². The van der Waals surface area contributed by atoms with E-state index >= 15 is 0 Å². The molecule has 0 saturated heterocycles. The SMILES string of the molecule is NC1=CC=NC(c2ccncc2)C1. The quantitative estimate of drug-likeness (QED) is 0.698. The highest BCUT2D eigenvalue weighted by Gasteiger charge is 2.12.